The summed E-state index contributed by atoms with van der Waals surface area (Å²) >= 11 is 4.23. The van der Waals surface area contributed by atoms with Crippen LogP contribution in [0.15, 0.2) is 57.1 Å². The first kappa shape index (κ1) is 21.3. The number of fused-ring (bicyclic) bond motifs is 1. The Morgan fingerprint density at radius 1 is 1.19 bits per heavy atom. The third-order valence-electron chi connectivity index (χ3n) is 4.55. The standard InChI is InChI=1S/C21H18N4O3S3/c1-2-25-20(28)17-14(15-4-3-9-29-15)10-30-19(17)24-21(25)31-11-16(26)23-13-7-5-12(6-8-13)18(22)27/h3-10H,2,11H2,1H3,(H2,22,27)(H,23,26). The number of carbonyl (C=O) groups excluding carboxylic acids is 2. The molecule has 7 nitrogen and oxygen atoms in total. The molecule has 2 amide bonds. The maximum absolute atomic E-state index is 13.2. The normalized spacial score (nSPS) is 11.0. The molecule has 0 aliphatic carbocycles. The topological polar surface area (TPSA) is 107 Å². The molecule has 0 aliphatic rings. The summed E-state index contributed by atoms with van der Waals surface area (Å²) < 4.78 is 1.60. The van der Waals surface area contributed by atoms with Crippen molar-refractivity contribution in [2.24, 2.45) is 5.73 Å². The lowest BCUT2D eigenvalue weighted by atomic mass is 10.2. The van der Waals surface area contributed by atoms with Gasteiger partial charge in [0.25, 0.3) is 5.56 Å². The van der Waals surface area contributed by atoms with Gasteiger partial charge in [-0.25, -0.2) is 4.98 Å². The summed E-state index contributed by atoms with van der Waals surface area (Å²) in [4.78, 5) is 43.1. The Hall–Kier alpha value is -2.95. The Labute approximate surface area is 189 Å². The first-order valence-electron chi connectivity index (χ1n) is 9.36. The van der Waals surface area contributed by atoms with Crippen molar-refractivity contribution in [3.63, 3.8) is 0 Å². The number of hydrogen-bond acceptors (Lipinski definition) is 7. The van der Waals surface area contributed by atoms with Crippen LogP contribution in [0.2, 0.25) is 0 Å². The van der Waals surface area contributed by atoms with Crippen molar-refractivity contribution < 1.29 is 9.59 Å². The van der Waals surface area contributed by atoms with Crippen molar-refractivity contribution in [3.8, 4) is 10.4 Å². The first-order valence-corrected chi connectivity index (χ1v) is 12.1. The molecule has 0 saturated heterocycles. The summed E-state index contributed by atoms with van der Waals surface area (Å²) in [5.41, 5.74) is 6.96. The fraction of sp³-hybridized carbons (Fsp3) is 0.143. The highest BCUT2D eigenvalue weighted by atomic mass is 32.2. The molecule has 0 unspecified atom stereocenters. The zero-order chi connectivity index (χ0) is 22.0. The summed E-state index contributed by atoms with van der Waals surface area (Å²) in [7, 11) is 0. The first-order chi connectivity index (χ1) is 15.0. The van der Waals surface area contributed by atoms with Gasteiger partial charge in [-0.3, -0.25) is 19.0 Å². The number of hydrogen-bond donors (Lipinski definition) is 2. The van der Waals surface area contributed by atoms with Crippen molar-refractivity contribution in [1.29, 1.82) is 0 Å². The molecule has 1 aromatic carbocycles. The van der Waals surface area contributed by atoms with Gasteiger partial charge in [0.05, 0.1) is 11.1 Å². The molecule has 10 heteroatoms. The van der Waals surface area contributed by atoms with E-state index in [0.29, 0.717) is 33.2 Å². The lowest BCUT2D eigenvalue weighted by Gasteiger charge is -2.10. The van der Waals surface area contributed by atoms with Crippen molar-refractivity contribution in [1.82, 2.24) is 9.55 Å². The van der Waals surface area contributed by atoms with E-state index in [1.807, 2.05) is 29.8 Å². The minimum atomic E-state index is -0.525. The van der Waals surface area contributed by atoms with Crippen molar-refractivity contribution in [2.75, 3.05) is 11.1 Å². The number of rotatable bonds is 7. The molecular formula is C21H18N4O3S3. The van der Waals surface area contributed by atoms with Gasteiger partial charge in [0.2, 0.25) is 11.8 Å². The molecule has 0 bridgehead atoms. The number of nitrogens with two attached hydrogens (primary N) is 1. The van der Waals surface area contributed by atoms with Gasteiger partial charge in [-0.05, 0) is 42.6 Å². The lowest BCUT2D eigenvalue weighted by Crippen LogP contribution is -2.23. The van der Waals surface area contributed by atoms with Crippen molar-refractivity contribution >= 4 is 62.2 Å². The fourth-order valence-electron chi connectivity index (χ4n) is 3.05. The van der Waals surface area contributed by atoms with E-state index in [-0.39, 0.29) is 17.2 Å². The Bertz CT molecular complexity index is 1310. The van der Waals surface area contributed by atoms with Crippen molar-refractivity contribution in [2.45, 2.75) is 18.6 Å². The van der Waals surface area contributed by atoms with E-state index in [1.165, 1.54) is 23.1 Å². The van der Waals surface area contributed by atoms with Gasteiger partial charge in [0.15, 0.2) is 5.16 Å². The van der Waals surface area contributed by atoms with Gasteiger partial charge in [0.1, 0.15) is 4.83 Å². The third kappa shape index (κ3) is 4.41. The van der Waals surface area contributed by atoms with Gasteiger partial charge >= 0.3 is 0 Å². The molecule has 3 N–H and O–H groups in total. The van der Waals surface area contributed by atoms with E-state index in [9.17, 15) is 14.4 Å². The number of anilines is 1. The van der Waals surface area contributed by atoms with Crippen LogP contribution < -0.4 is 16.6 Å². The van der Waals surface area contributed by atoms with Gasteiger partial charge < -0.3 is 11.1 Å². The van der Waals surface area contributed by atoms with Crippen LogP contribution in [0.1, 0.15) is 17.3 Å². The zero-order valence-electron chi connectivity index (χ0n) is 16.5. The number of primary amides is 1. The maximum atomic E-state index is 13.2. The highest BCUT2D eigenvalue weighted by Gasteiger charge is 2.18. The molecule has 3 aromatic heterocycles. The minimum absolute atomic E-state index is 0.0953. The largest absolute Gasteiger partial charge is 0.366 e. The summed E-state index contributed by atoms with van der Waals surface area (Å²) in [5.74, 6) is -0.666. The maximum Gasteiger partial charge on any atom is 0.263 e. The number of amides is 2. The SMILES string of the molecule is CCn1c(SCC(=O)Nc2ccc(C(N)=O)cc2)nc2scc(-c3cccs3)c2c1=O. The highest BCUT2D eigenvalue weighted by molar-refractivity contribution is 7.99. The molecule has 0 atom stereocenters. The number of thioether (sulfide) groups is 1. The zero-order valence-corrected chi connectivity index (χ0v) is 18.9. The van der Waals surface area contributed by atoms with Crippen LogP contribution in [0.25, 0.3) is 20.7 Å². The number of carbonyl (C=O) groups is 2. The number of aromatic nitrogens is 2. The summed E-state index contributed by atoms with van der Waals surface area (Å²) in [6, 6.07) is 10.3. The van der Waals surface area contributed by atoms with Crippen molar-refractivity contribution in [3.05, 3.63) is 63.1 Å². The minimum Gasteiger partial charge on any atom is -0.366 e. The van der Waals surface area contributed by atoms with Gasteiger partial charge in [-0.2, -0.15) is 0 Å². The number of benzene rings is 1. The molecule has 3 heterocycles. The van der Waals surface area contributed by atoms with Gasteiger partial charge in [-0.15, -0.1) is 22.7 Å². The molecular weight excluding hydrogens is 452 g/mol. The molecule has 158 valence electrons. The fourth-order valence-corrected chi connectivity index (χ4v) is 5.72. The van der Waals surface area contributed by atoms with Gasteiger partial charge in [0, 0.05) is 33.6 Å². The molecule has 4 rings (SSSR count). The summed E-state index contributed by atoms with van der Waals surface area (Å²) in [6.45, 7) is 2.34. The van der Waals surface area contributed by atoms with E-state index in [0.717, 1.165) is 10.4 Å². The van der Waals surface area contributed by atoms with Crippen LogP contribution in [-0.2, 0) is 11.3 Å². The van der Waals surface area contributed by atoms with Crippen LogP contribution in [0.3, 0.4) is 0 Å². The number of nitrogens with zero attached hydrogens (tertiary/aromatic N) is 2. The van der Waals surface area contributed by atoms with E-state index >= 15 is 0 Å². The molecule has 0 spiro atoms. The predicted molar refractivity (Wildman–Crippen MR) is 127 cm³/mol. The quantitative estimate of drug-likeness (QED) is 0.313. The highest BCUT2D eigenvalue weighted by Crippen LogP contribution is 2.34. The molecule has 4 aromatic rings. The van der Waals surface area contributed by atoms with Crippen LogP contribution >= 0.6 is 34.4 Å². The Morgan fingerprint density at radius 2 is 1.97 bits per heavy atom. The van der Waals surface area contributed by atoms with Gasteiger partial charge in [-0.1, -0.05) is 17.8 Å². The number of thiophene rings is 2. The van der Waals surface area contributed by atoms with Crippen LogP contribution in [0, 0.1) is 0 Å². The smallest absolute Gasteiger partial charge is 0.263 e. The summed E-state index contributed by atoms with van der Waals surface area (Å²) in [5, 5.41) is 7.84. The summed E-state index contributed by atoms with van der Waals surface area (Å²) in [6.07, 6.45) is 0. The predicted octanol–water partition coefficient (Wildman–Crippen LogP) is 4.04. The molecule has 31 heavy (non-hydrogen) atoms. The third-order valence-corrected chi connectivity index (χ3v) is 7.30. The van der Waals surface area contributed by atoms with E-state index in [4.69, 9.17) is 5.73 Å². The molecule has 0 fully saturated rings. The van der Waals surface area contributed by atoms with Crippen LogP contribution in [0.5, 0.6) is 0 Å². The second-order valence-electron chi connectivity index (χ2n) is 6.53. The lowest BCUT2D eigenvalue weighted by molar-refractivity contribution is -0.113. The Morgan fingerprint density at radius 3 is 2.61 bits per heavy atom. The monoisotopic (exact) mass is 470 g/mol. The molecule has 0 saturated carbocycles. The average molecular weight is 471 g/mol. The second kappa shape index (κ2) is 9.04. The number of nitrogens with one attached hydrogen (secondary N) is 1. The molecule has 0 aliphatic heterocycles. The molecule has 0 radical (unpaired) electrons. The van der Waals surface area contributed by atoms with E-state index < -0.39 is 5.91 Å². The Kier molecular flexibility index (Phi) is 6.21. The average Bonchev–Trinajstić information content (AvgIpc) is 3.42. The van der Waals surface area contributed by atoms with E-state index in [1.54, 1.807) is 40.2 Å². The van der Waals surface area contributed by atoms with E-state index in [2.05, 4.69) is 10.3 Å². The van der Waals surface area contributed by atoms with Crippen LogP contribution in [0.4, 0.5) is 5.69 Å². The van der Waals surface area contributed by atoms with Crippen LogP contribution in [-0.4, -0.2) is 27.1 Å². The Balaban J connectivity index is 1.53. The second-order valence-corrected chi connectivity index (χ2v) is 9.28.